The molecule has 0 atom stereocenters. The third-order valence-corrected chi connectivity index (χ3v) is 4.37. The summed E-state index contributed by atoms with van der Waals surface area (Å²) in [6.45, 7) is 6.39. The molecule has 0 aliphatic carbocycles. The average Bonchev–Trinajstić information content (AvgIpc) is 2.63. The topological polar surface area (TPSA) is 61.9 Å². The van der Waals surface area contributed by atoms with Crippen LogP contribution in [-0.4, -0.2) is 54.7 Å². The molecule has 0 bridgehead atoms. The lowest BCUT2D eigenvalue weighted by atomic mass is 10.1. The number of ether oxygens (including phenoxy) is 1. The summed E-state index contributed by atoms with van der Waals surface area (Å²) in [6, 6.07) is 7.93. The first-order chi connectivity index (χ1) is 12.1. The molecule has 0 saturated carbocycles. The van der Waals surface area contributed by atoms with E-state index >= 15 is 0 Å². The molecule has 2 rings (SSSR count). The predicted octanol–water partition coefficient (Wildman–Crippen LogP) is 3.73. The number of anilines is 1. The number of carbonyl (C=O) groups is 2. The number of nitrogens with zero attached hydrogens (tertiary/aromatic N) is 2. The lowest BCUT2D eigenvalue weighted by Gasteiger charge is -2.34. The third-order valence-electron chi connectivity index (χ3n) is 4.37. The Balaban J connectivity index is 1.77. The van der Waals surface area contributed by atoms with Crippen molar-refractivity contribution in [3.8, 4) is 0 Å². The van der Waals surface area contributed by atoms with E-state index in [2.05, 4.69) is 24.4 Å². The summed E-state index contributed by atoms with van der Waals surface area (Å²) in [5.41, 5.74) is 2.10. The van der Waals surface area contributed by atoms with E-state index in [4.69, 9.17) is 4.74 Å². The molecule has 138 valence electrons. The summed E-state index contributed by atoms with van der Waals surface area (Å²) in [7, 11) is 0. The number of nitrogens with one attached hydrogen (secondary N) is 1. The minimum absolute atomic E-state index is 0.123. The summed E-state index contributed by atoms with van der Waals surface area (Å²) in [5, 5.41) is 2.93. The molecule has 1 aliphatic rings. The molecule has 1 N–H and O–H groups in total. The van der Waals surface area contributed by atoms with Gasteiger partial charge >= 0.3 is 12.1 Å². The summed E-state index contributed by atoms with van der Waals surface area (Å²) < 4.78 is 4.99. The molecule has 1 fully saturated rings. The number of hydrogen-bond donors (Lipinski definition) is 1. The SMILES string of the molecule is CCCCCc1ccc(NC(=O)N2CCN(C(=O)OCC)CC2)cc1. The van der Waals surface area contributed by atoms with Gasteiger partial charge in [0.25, 0.3) is 0 Å². The predicted molar refractivity (Wildman–Crippen MR) is 98.9 cm³/mol. The van der Waals surface area contributed by atoms with Gasteiger partial charge in [-0.1, -0.05) is 31.9 Å². The van der Waals surface area contributed by atoms with Crippen molar-refractivity contribution in [1.82, 2.24) is 9.80 Å². The van der Waals surface area contributed by atoms with Gasteiger partial charge in [-0.25, -0.2) is 9.59 Å². The van der Waals surface area contributed by atoms with Crippen LogP contribution in [0.5, 0.6) is 0 Å². The minimum atomic E-state index is -0.304. The summed E-state index contributed by atoms with van der Waals surface area (Å²) in [4.78, 5) is 27.4. The molecule has 6 heteroatoms. The van der Waals surface area contributed by atoms with Crippen molar-refractivity contribution in [1.29, 1.82) is 0 Å². The highest BCUT2D eigenvalue weighted by Gasteiger charge is 2.24. The van der Waals surface area contributed by atoms with Crippen molar-refractivity contribution < 1.29 is 14.3 Å². The Morgan fingerprint density at radius 2 is 1.64 bits per heavy atom. The van der Waals surface area contributed by atoms with E-state index in [9.17, 15) is 9.59 Å². The maximum absolute atomic E-state index is 12.3. The third kappa shape index (κ3) is 5.96. The molecule has 3 amide bonds. The number of hydrogen-bond acceptors (Lipinski definition) is 3. The van der Waals surface area contributed by atoms with E-state index in [-0.39, 0.29) is 12.1 Å². The van der Waals surface area contributed by atoms with E-state index in [0.29, 0.717) is 32.8 Å². The van der Waals surface area contributed by atoms with E-state index in [1.807, 2.05) is 12.1 Å². The van der Waals surface area contributed by atoms with Crippen LogP contribution in [0.15, 0.2) is 24.3 Å². The van der Waals surface area contributed by atoms with Crippen LogP contribution < -0.4 is 5.32 Å². The normalized spacial score (nSPS) is 14.3. The van der Waals surface area contributed by atoms with E-state index in [0.717, 1.165) is 12.1 Å². The van der Waals surface area contributed by atoms with Crippen molar-refractivity contribution in [2.45, 2.75) is 39.5 Å². The Morgan fingerprint density at radius 3 is 2.24 bits per heavy atom. The fraction of sp³-hybridized carbons (Fsp3) is 0.579. The number of piperazine rings is 1. The van der Waals surface area contributed by atoms with Crippen LogP contribution in [0.3, 0.4) is 0 Å². The zero-order valence-electron chi connectivity index (χ0n) is 15.3. The number of urea groups is 1. The lowest BCUT2D eigenvalue weighted by Crippen LogP contribution is -2.51. The van der Waals surface area contributed by atoms with Crippen molar-refractivity contribution in [3.63, 3.8) is 0 Å². The van der Waals surface area contributed by atoms with Crippen LogP contribution >= 0.6 is 0 Å². The highest BCUT2D eigenvalue weighted by Crippen LogP contribution is 2.14. The molecule has 1 aromatic rings. The monoisotopic (exact) mass is 347 g/mol. The standard InChI is InChI=1S/C19H29N3O3/c1-3-5-6-7-16-8-10-17(11-9-16)20-18(23)21-12-14-22(15-13-21)19(24)25-4-2/h8-11H,3-7,12-15H2,1-2H3,(H,20,23). The molecule has 0 unspecified atom stereocenters. The number of amides is 3. The fourth-order valence-corrected chi connectivity index (χ4v) is 2.84. The zero-order chi connectivity index (χ0) is 18.1. The van der Waals surface area contributed by atoms with E-state index in [1.165, 1.54) is 24.8 Å². The number of benzene rings is 1. The summed E-state index contributed by atoms with van der Waals surface area (Å²) >= 11 is 0. The van der Waals surface area contributed by atoms with Crippen LogP contribution in [0, 0.1) is 0 Å². The van der Waals surface area contributed by atoms with E-state index in [1.54, 1.807) is 16.7 Å². The van der Waals surface area contributed by atoms with Gasteiger partial charge in [0.05, 0.1) is 6.61 Å². The second kappa shape index (κ2) is 9.91. The smallest absolute Gasteiger partial charge is 0.409 e. The fourth-order valence-electron chi connectivity index (χ4n) is 2.84. The Hall–Kier alpha value is -2.24. The number of rotatable bonds is 6. The van der Waals surface area contributed by atoms with Gasteiger partial charge in [-0.3, -0.25) is 0 Å². The van der Waals surface area contributed by atoms with Gasteiger partial charge in [0.2, 0.25) is 0 Å². The van der Waals surface area contributed by atoms with Crippen LogP contribution in [-0.2, 0) is 11.2 Å². The molecule has 25 heavy (non-hydrogen) atoms. The maximum Gasteiger partial charge on any atom is 0.409 e. The van der Waals surface area contributed by atoms with Crippen LogP contribution in [0.2, 0.25) is 0 Å². The van der Waals surface area contributed by atoms with Gasteiger partial charge in [0, 0.05) is 31.9 Å². The van der Waals surface area contributed by atoms with Crippen molar-refractivity contribution in [2.75, 3.05) is 38.1 Å². The first kappa shape index (κ1) is 19.1. The quantitative estimate of drug-likeness (QED) is 0.798. The number of aryl methyl sites for hydroxylation is 1. The van der Waals surface area contributed by atoms with Gasteiger partial charge < -0.3 is 19.9 Å². The summed E-state index contributed by atoms with van der Waals surface area (Å²) in [6.07, 6.45) is 4.44. The summed E-state index contributed by atoms with van der Waals surface area (Å²) in [5.74, 6) is 0. The molecule has 0 radical (unpaired) electrons. The Kier molecular flexibility index (Phi) is 7.57. The minimum Gasteiger partial charge on any atom is -0.450 e. The van der Waals surface area contributed by atoms with Crippen LogP contribution in [0.1, 0.15) is 38.7 Å². The van der Waals surface area contributed by atoms with Crippen molar-refractivity contribution >= 4 is 17.8 Å². The molecule has 0 aromatic heterocycles. The zero-order valence-corrected chi connectivity index (χ0v) is 15.3. The molecule has 1 aliphatic heterocycles. The van der Waals surface area contributed by atoms with E-state index < -0.39 is 0 Å². The maximum atomic E-state index is 12.3. The largest absolute Gasteiger partial charge is 0.450 e. The lowest BCUT2D eigenvalue weighted by molar-refractivity contribution is 0.0868. The average molecular weight is 347 g/mol. The molecule has 1 heterocycles. The molecule has 0 spiro atoms. The van der Waals surface area contributed by atoms with Crippen LogP contribution in [0.4, 0.5) is 15.3 Å². The number of unbranched alkanes of at least 4 members (excludes halogenated alkanes) is 2. The van der Waals surface area contributed by atoms with Crippen LogP contribution in [0.25, 0.3) is 0 Å². The Bertz CT molecular complexity index is 552. The molecule has 1 saturated heterocycles. The first-order valence-corrected chi connectivity index (χ1v) is 9.20. The Labute approximate surface area is 150 Å². The van der Waals surface area contributed by atoms with Gasteiger partial charge in [-0.2, -0.15) is 0 Å². The molecule has 1 aromatic carbocycles. The number of carbonyl (C=O) groups excluding carboxylic acids is 2. The highest BCUT2D eigenvalue weighted by atomic mass is 16.6. The highest BCUT2D eigenvalue weighted by molar-refractivity contribution is 5.89. The second-order valence-corrected chi connectivity index (χ2v) is 6.26. The Morgan fingerprint density at radius 1 is 1.00 bits per heavy atom. The molecular formula is C19H29N3O3. The van der Waals surface area contributed by atoms with Crippen molar-refractivity contribution in [2.24, 2.45) is 0 Å². The molecular weight excluding hydrogens is 318 g/mol. The second-order valence-electron chi connectivity index (χ2n) is 6.26. The van der Waals surface area contributed by atoms with Gasteiger partial charge in [-0.15, -0.1) is 0 Å². The first-order valence-electron chi connectivity index (χ1n) is 9.20. The van der Waals surface area contributed by atoms with Gasteiger partial charge in [-0.05, 0) is 37.5 Å². The van der Waals surface area contributed by atoms with Gasteiger partial charge in [0.15, 0.2) is 0 Å². The van der Waals surface area contributed by atoms with Gasteiger partial charge in [0.1, 0.15) is 0 Å². The van der Waals surface area contributed by atoms with Crippen molar-refractivity contribution in [3.05, 3.63) is 29.8 Å². The molecule has 6 nitrogen and oxygen atoms in total.